The van der Waals surface area contributed by atoms with Crippen molar-refractivity contribution in [2.45, 2.75) is 18.2 Å². The Morgan fingerprint density at radius 1 is 1.40 bits per heavy atom. The Hall–Kier alpha value is -1.76. The number of nitrogens with two attached hydrogens (primary N) is 1. The Bertz CT molecular complexity index is 585. The quantitative estimate of drug-likeness (QED) is 0.752. The van der Waals surface area contributed by atoms with Gasteiger partial charge < -0.3 is 16.0 Å². The van der Waals surface area contributed by atoms with Crippen LogP contribution in [-0.2, 0) is 14.6 Å². The third kappa shape index (κ3) is 4.12. The first-order valence-corrected chi connectivity index (χ1v) is 8.23. The van der Waals surface area contributed by atoms with Crippen LogP contribution < -0.4 is 16.0 Å². The Labute approximate surface area is 119 Å². The number of carbonyl (C=O) groups excluding carboxylic acids is 1. The van der Waals surface area contributed by atoms with Crippen LogP contribution in [0.15, 0.2) is 23.1 Å². The molecule has 3 N–H and O–H groups in total. The zero-order valence-corrected chi connectivity index (χ0v) is 12.8. The van der Waals surface area contributed by atoms with Crippen molar-refractivity contribution in [3.05, 3.63) is 18.2 Å². The maximum Gasteiger partial charge on any atom is 0.239 e. The number of hydrogen-bond donors (Lipinski definition) is 2. The smallest absolute Gasteiger partial charge is 0.239 e. The summed E-state index contributed by atoms with van der Waals surface area (Å²) in [6, 6.07) is 4.58. The number of carbonyl (C=O) groups is 1. The van der Waals surface area contributed by atoms with E-state index in [9.17, 15) is 13.2 Å². The van der Waals surface area contributed by atoms with Gasteiger partial charge in [-0.25, -0.2) is 8.42 Å². The number of sulfone groups is 1. The normalized spacial score (nSPS) is 11.2. The molecule has 0 fully saturated rings. The summed E-state index contributed by atoms with van der Waals surface area (Å²) in [4.78, 5) is 13.5. The monoisotopic (exact) mass is 299 g/mol. The molecule has 0 aliphatic rings. The van der Waals surface area contributed by atoms with E-state index in [1.54, 1.807) is 13.1 Å². The van der Waals surface area contributed by atoms with Gasteiger partial charge in [0.15, 0.2) is 9.84 Å². The minimum Gasteiger partial charge on any atom is -0.397 e. The summed E-state index contributed by atoms with van der Waals surface area (Å²) in [5.74, 6) is -0.120. The van der Waals surface area contributed by atoms with Gasteiger partial charge in [-0.05, 0) is 24.6 Å². The fraction of sp³-hybridized carbons (Fsp3) is 0.462. The summed E-state index contributed by atoms with van der Waals surface area (Å²) < 4.78 is 23.0. The molecular weight excluding hydrogens is 278 g/mol. The molecule has 1 aromatic rings. The van der Waals surface area contributed by atoms with Crippen LogP contribution in [0.4, 0.5) is 11.4 Å². The third-order valence-electron chi connectivity index (χ3n) is 2.87. The molecule has 0 heterocycles. The highest BCUT2D eigenvalue weighted by Crippen LogP contribution is 2.26. The van der Waals surface area contributed by atoms with Gasteiger partial charge in [-0.2, -0.15) is 0 Å². The summed E-state index contributed by atoms with van der Waals surface area (Å²) >= 11 is 0. The highest BCUT2D eigenvalue weighted by atomic mass is 32.2. The maximum atomic E-state index is 11.5. The topological polar surface area (TPSA) is 92.5 Å². The van der Waals surface area contributed by atoms with E-state index in [1.165, 1.54) is 12.1 Å². The predicted molar refractivity (Wildman–Crippen MR) is 80.5 cm³/mol. The van der Waals surface area contributed by atoms with Crippen molar-refractivity contribution in [1.82, 2.24) is 5.32 Å². The third-order valence-corrected chi connectivity index (χ3v) is 3.98. The van der Waals surface area contributed by atoms with Gasteiger partial charge in [0.05, 0.1) is 22.8 Å². The van der Waals surface area contributed by atoms with Crippen molar-refractivity contribution in [1.29, 1.82) is 0 Å². The SMILES string of the molecule is CCCN(CC(=O)NC)c1ccc(S(C)(=O)=O)cc1N. The first-order chi connectivity index (χ1) is 9.29. The van der Waals surface area contributed by atoms with Crippen molar-refractivity contribution < 1.29 is 13.2 Å². The second-order valence-electron chi connectivity index (χ2n) is 4.59. The molecular formula is C13H21N3O3S. The number of amides is 1. The van der Waals surface area contributed by atoms with Crippen LogP contribution >= 0.6 is 0 Å². The Balaban J connectivity index is 3.12. The van der Waals surface area contributed by atoms with Crippen LogP contribution in [0.1, 0.15) is 13.3 Å². The number of nitrogens with zero attached hydrogens (tertiary/aromatic N) is 1. The lowest BCUT2D eigenvalue weighted by atomic mass is 10.2. The first kappa shape index (κ1) is 16.3. The van der Waals surface area contributed by atoms with Gasteiger partial charge in [0.2, 0.25) is 5.91 Å². The highest BCUT2D eigenvalue weighted by Gasteiger charge is 2.15. The molecule has 0 unspecified atom stereocenters. The molecule has 0 saturated carbocycles. The van der Waals surface area contributed by atoms with E-state index in [0.29, 0.717) is 17.9 Å². The molecule has 7 heteroatoms. The summed E-state index contributed by atoms with van der Waals surface area (Å²) in [7, 11) is -1.71. The zero-order valence-electron chi connectivity index (χ0n) is 12.0. The standard InChI is InChI=1S/C13H21N3O3S/c1-4-7-16(9-13(17)15-2)12-6-5-10(8-11(12)14)20(3,18)19/h5-6,8H,4,7,9,14H2,1-3H3,(H,15,17). The second-order valence-corrected chi connectivity index (χ2v) is 6.60. The van der Waals surface area contributed by atoms with Gasteiger partial charge in [-0.15, -0.1) is 0 Å². The molecule has 6 nitrogen and oxygen atoms in total. The van der Waals surface area contributed by atoms with E-state index in [1.807, 2.05) is 11.8 Å². The largest absolute Gasteiger partial charge is 0.397 e. The van der Waals surface area contributed by atoms with Crippen molar-refractivity contribution in [3.63, 3.8) is 0 Å². The number of benzene rings is 1. The van der Waals surface area contributed by atoms with Crippen molar-refractivity contribution in [2.75, 3.05) is 37.0 Å². The molecule has 0 bridgehead atoms. The van der Waals surface area contributed by atoms with E-state index >= 15 is 0 Å². The summed E-state index contributed by atoms with van der Waals surface area (Å²) in [5, 5.41) is 2.56. The van der Waals surface area contributed by atoms with Crippen molar-refractivity contribution in [2.24, 2.45) is 0 Å². The molecule has 0 radical (unpaired) electrons. The van der Waals surface area contributed by atoms with E-state index in [0.717, 1.165) is 12.7 Å². The summed E-state index contributed by atoms with van der Waals surface area (Å²) in [6.45, 7) is 2.85. The maximum absolute atomic E-state index is 11.5. The number of hydrogen-bond acceptors (Lipinski definition) is 5. The van der Waals surface area contributed by atoms with Crippen molar-refractivity contribution >= 4 is 27.1 Å². The minimum atomic E-state index is -3.29. The molecule has 112 valence electrons. The predicted octanol–water partition coefficient (Wildman–Crippen LogP) is 0.635. The lowest BCUT2D eigenvalue weighted by molar-refractivity contribution is -0.119. The Kier molecular flexibility index (Phi) is 5.38. The first-order valence-electron chi connectivity index (χ1n) is 6.34. The van der Waals surface area contributed by atoms with Crippen LogP contribution in [0.2, 0.25) is 0 Å². The molecule has 0 aliphatic heterocycles. The van der Waals surface area contributed by atoms with Crippen LogP contribution in [0.3, 0.4) is 0 Å². The average molecular weight is 299 g/mol. The van der Waals surface area contributed by atoms with Gasteiger partial charge in [0, 0.05) is 19.8 Å². The van der Waals surface area contributed by atoms with Gasteiger partial charge in [-0.3, -0.25) is 4.79 Å². The lowest BCUT2D eigenvalue weighted by Gasteiger charge is -2.25. The minimum absolute atomic E-state index is 0.120. The zero-order chi connectivity index (χ0) is 15.3. The fourth-order valence-corrected chi connectivity index (χ4v) is 2.51. The van der Waals surface area contributed by atoms with Gasteiger partial charge in [0.25, 0.3) is 0 Å². The average Bonchev–Trinajstić information content (AvgIpc) is 2.37. The molecule has 0 aliphatic carbocycles. The fourth-order valence-electron chi connectivity index (χ4n) is 1.86. The number of nitrogen functional groups attached to an aromatic ring is 1. The van der Waals surface area contributed by atoms with Crippen LogP contribution in [0.25, 0.3) is 0 Å². The van der Waals surface area contributed by atoms with E-state index < -0.39 is 9.84 Å². The molecule has 0 spiro atoms. The molecule has 0 aromatic heterocycles. The van der Waals surface area contributed by atoms with E-state index in [2.05, 4.69) is 5.32 Å². The molecule has 20 heavy (non-hydrogen) atoms. The van der Waals surface area contributed by atoms with E-state index in [-0.39, 0.29) is 17.3 Å². The summed E-state index contributed by atoms with van der Waals surface area (Å²) in [6.07, 6.45) is 1.99. The lowest BCUT2D eigenvalue weighted by Crippen LogP contribution is -2.36. The van der Waals surface area contributed by atoms with Gasteiger partial charge >= 0.3 is 0 Å². The molecule has 0 saturated heterocycles. The molecule has 1 aromatic carbocycles. The van der Waals surface area contributed by atoms with Gasteiger partial charge in [0.1, 0.15) is 0 Å². The number of likely N-dealkylation sites (N-methyl/N-ethyl adjacent to an activating group) is 1. The Morgan fingerprint density at radius 2 is 2.05 bits per heavy atom. The number of nitrogens with one attached hydrogen (secondary N) is 1. The van der Waals surface area contributed by atoms with E-state index in [4.69, 9.17) is 5.73 Å². The van der Waals surface area contributed by atoms with Gasteiger partial charge in [-0.1, -0.05) is 6.92 Å². The Morgan fingerprint density at radius 3 is 2.50 bits per heavy atom. The highest BCUT2D eigenvalue weighted by molar-refractivity contribution is 7.90. The number of anilines is 2. The van der Waals surface area contributed by atoms with Crippen LogP contribution in [0.5, 0.6) is 0 Å². The second kappa shape index (κ2) is 6.60. The van der Waals surface area contributed by atoms with Crippen LogP contribution in [-0.4, -0.2) is 40.7 Å². The molecule has 1 rings (SSSR count). The molecule has 1 amide bonds. The van der Waals surface area contributed by atoms with Crippen LogP contribution in [0, 0.1) is 0 Å². The number of rotatable bonds is 6. The summed E-state index contributed by atoms with van der Waals surface area (Å²) in [5.41, 5.74) is 6.95. The molecule has 0 atom stereocenters. The van der Waals surface area contributed by atoms with Crippen molar-refractivity contribution in [3.8, 4) is 0 Å².